The van der Waals surface area contributed by atoms with Gasteiger partial charge in [-0.15, -0.1) is 11.8 Å². The summed E-state index contributed by atoms with van der Waals surface area (Å²) >= 11 is 1.82. The van der Waals surface area contributed by atoms with Crippen molar-refractivity contribution in [2.75, 3.05) is 5.88 Å². The van der Waals surface area contributed by atoms with E-state index in [1.807, 2.05) is 11.8 Å². The number of hydrogen-bond acceptors (Lipinski definition) is 2. The van der Waals surface area contributed by atoms with E-state index < -0.39 is 0 Å². The van der Waals surface area contributed by atoms with Crippen LogP contribution in [0.4, 0.5) is 0 Å². The molecule has 0 atom stereocenters. The van der Waals surface area contributed by atoms with Crippen molar-refractivity contribution in [1.29, 1.82) is 0 Å². The minimum Gasteiger partial charge on any atom is -0.273 e. The van der Waals surface area contributed by atoms with Crippen LogP contribution in [0.2, 0.25) is 0 Å². The van der Waals surface area contributed by atoms with Gasteiger partial charge in [0.25, 0.3) is 0 Å². The number of allylic oxidation sites excluding steroid dienone is 1. The van der Waals surface area contributed by atoms with Gasteiger partial charge in [0.2, 0.25) is 0 Å². The Morgan fingerprint density at radius 2 is 2.33 bits per heavy atom. The molecule has 0 unspecified atom stereocenters. The highest BCUT2D eigenvalue weighted by molar-refractivity contribution is 7.99. The molecule has 1 aliphatic heterocycles. The van der Waals surface area contributed by atoms with Crippen molar-refractivity contribution in [1.82, 2.24) is 0 Å². The average Bonchev–Trinajstić information content (AvgIpc) is 2.64. The third kappa shape index (κ3) is 0.786. The standard InChI is InChI=1S/C10H7NS/c1-2-7-4-9-10(12-6-11-9)5-8(7)3-1/h1-5H,6H2. The van der Waals surface area contributed by atoms with Gasteiger partial charge in [0, 0.05) is 4.90 Å². The second kappa shape index (κ2) is 2.23. The van der Waals surface area contributed by atoms with E-state index in [1.165, 1.54) is 21.0 Å². The molecule has 58 valence electrons. The maximum atomic E-state index is 4.39. The first-order valence-corrected chi connectivity index (χ1v) is 4.92. The highest BCUT2D eigenvalue weighted by Crippen LogP contribution is 2.17. The number of nitrogens with zero attached hydrogens (tertiary/aromatic N) is 1. The molecule has 0 radical (unpaired) electrons. The van der Waals surface area contributed by atoms with Crippen LogP contribution in [0.25, 0.3) is 12.2 Å². The van der Waals surface area contributed by atoms with E-state index in [0.717, 1.165) is 5.88 Å². The van der Waals surface area contributed by atoms with Crippen molar-refractivity contribution in [3.05, 3.63) is 34.3 Å². The van der Waals surface area contributed by atoms with Crippen molar-refractivity contribution in [2.24, 2.45) is 4.99 Å². The van der Waals surface area contributed by atoms with Gasteiger partial charge in [0.05, 0.1) is 11.2 Å². The number of benzene rings is 1. The molecule has 0 N–H and O–H groups in total. The van der Waals surface area contributed by atoms with Gasteiger partial charge < -0.3 is 0 Å². The Bertz CT molecular complexity index is 485. The predicted octanol–water partition coefficient (Wildman–Crippen LogP) is 1.18. The van der Waals surface area contributed by atoms with Gasteiger partial charge in [-0.25, -0.2) is 0 Å². The highest BCUT2D eigenvalue weighted by atomic mass is 32.2. The predicted molar refractivity (Wildman–Crippen MR) is 51.4 cm³/mol. The van der Waals surface area contributed by atoms with E-state index in [1.54, 1.807) is 0 Å². The molecule has 0 saturated heterocycles. The van der Waals surface area contributed by atoms with Gasteiger partial charge in [-0.05, 0) is 22.9 Å². The number of rotatable bonds is 0. The van der Waals surface area contributed by atoms with Crippen LogP contribution in [0.5, 0.6) is 0 Å². The SMILES string of the molecule is C1=Cc2cc3c(cc2=C1)SCN=3. The van der Waals surface area contributed by atoms with Gasteiger partial charge in [0.1, 0.15) is 0 Å². The van der Waals surface area contributed by atoms with E-state index in [4.69, 9.17) is 0 Å². The van der Waals surface area contributed by atoms with Gasteiger partial charge in [0.15, 0.2) is 0 Å². The number of fused-ring (bicyclic) bond motifs is 2. The number of thioether (sulfide) groups is 1. The summed E-state index contributed by atoms with van der Waals surface area (Å²) in [6.07, 6.45) is 6.37. The van der Waals surface area contributed by atoms with Crippen LogP contribution in [-0.2, 0) is 0 Å². The molecule has 1 heterocycles. The third-order valence-corrected chi connectivity index (χ3v) is 3.07. The molecule has 12 heavy (non-hydrogen) atoms. The van der Waals surface area contributed by atoms with Gasteiger partial charge >= 0.3 is 0 Å². The lowest BCUT2D eigenvalue weighted by atomic mass is 10.2. The van der Waals surface area contributed by atoms with Crippen molar-refractivity contribution in [2.45, 2.75) is 4.90 Å². The summed E-state index contributed by atoms with van der Waals surface area (Å²) in [5.41, 5.74) is 1.31. The molecule has 0 bridgehead atoms. The molecule has 0 saturated carbocycles. The smallest absolute Gasteiger partial charge is 0.0898 e. The molecule has 2 heteroatoms. The Kier molecular flexibility index (Phi) is 1.21. The molecule has 0 amide bonds. The maximum absolute atomic E-state index is 4.39. The Balaban J connectivity index is 2.45. The molecule has 1 aromatic rings. The largest absolute Gasteiger partial charge is 0.273 e. The Hall–Kier alpha value is -1.02. The summed E-state index contributed by atoms with van der Waals surface area (Å²) < 4.78 is 0. The van der Waals surface area contributed by atoms with Crippen LogP contribution in [0.1, 0.15) is 5.56 Å². The Labute approximate surface area is 74.5 Å². The van der Waals surface area contributed by atoms with Crippen LogP contribution < -0.4 is 10.6 Å². The highest BCUT2D eigenvalue weighted by Gasteiger charge is 2.06. The molecular weight excluding hydrogens is 166 g/mol. The van der Waals surface area contributed by atoms with Crippen molar-refractivity contribution >= 4 is 23.9 Å². The summed E-state index contributed by atoms with van der Waals surface area (Å²) in [5.74, 6) is 0.891. The van der Waals surface area contributed by atoms with Crippen molar-refractivity contribution in [3.8, 4) is 0 Å². The fourth-order valence-electron chi connectivity index (χ4n) is 1.55. The molecule has 3 rings (SSSR count). The van der Waals surface area contributed by atoms with E-state index in [9.17, 15) is 0 Å². The molecular formula is C10H7NS. The topological polar surface area (TPSA) is 12.4 Å². The minimum absolute atomic E-state index is 0.891. The Morgan fingerprint density at radius 3 is 3.33 bits per heavy atom. The summed E-state index contributed by atoms with van der Waals surface area (Å²) in [5, 5.41) is 2.50. The summed E-state index contributed by atoms with van der Waals surface area (Å²) in [7, 11) is 0. The fraction of sp³-hybridized carbons (Fsp3) is 0.100. The zero-order valence-electron chi connectivity index (χ0n) is 6.45. The zero-order chi connectivity index (χ0) is 7.97. The molecule has 0 fully saturated rings. The molecule has 1 aromatic carbocycles. The quantitative estimate of drug-likeness (QED) is 0.574. The lowest BCUT2D eigenvalue weighted by molar-refractivity contribution is 1.20. The molecule has 0 spiro atoms. The second-order valence-corrected chi connectivity index (χ2v) is 3.89. The average molecular weight is 173 g/mol. The van der Waals surface area contributed by atoms with Crippen LogP contribution in [0.15, 0.2) is 28.1 Å². The summed E-state index contributed by atoms with van der Waals surface area (Å²) in [6, 6.07) is 4.40. The normalized spacial score (nSPS) is 16.7. The van der Waals surface area contributed by atoms with Crippen LogP contribution >= 0.6 is 11.8 Å². The van der Waals surface area contributed by atoms with Crippen molar-refractivity contribution < 1.29 is 0 Å². The molecule has 1 nitrogen and oxygen atoms in total. The fourth-order valence-corrected chi connectivity index (χ4v) is 2.38. The van der Waals surface area contributed by atoms with E-state index in [-0.39, 0.29) is 0 Å². The summed E-state index contributed by atoms with van der Waals surface area (Å²) in [6.45, 7) is 0. The number of hydrogen-bond donors (Lipinski definition) is 0. The molecule has 0 aromatic heterocycles. The van der Waals surface area contributed by atoms with E-state index >= 15 is 0 Å². The lowest BCUT2D eigenvalue weighted by Crippen LogP contribution is -2.11. The molecule has 2 aliphatic rings. The maximum Gasteiger partial charge on any atom is 0.0898 e. The lowest BCUT2D eigenvalue weighted by Gasteiger charge is -1.93. The van der Waals surface area contributed by atoms with Crippen LogP contribution in [0.3, 0.4) is 0 Å². The molecule has 1 aliphatic carbocycles. The first-order chi connectivity index (χ1) is 5.93. The summed E-state index contributed by atoms with van der Waals surface area (Å²) in [4.78, 5) is 5.72. The van der Waals surface area contributed by atoms with Gasteiger partial charge in [-0.3, -0.25) is 4.99 Å². The van der Waals surface area contributed by atoms with E-state index in [2.05, 4.69) is 35.4 Å². The van der Waals surface area contributed by atoms with Gasteiger partial charge in [-0.2, -0.15) is 0 Å². The van der Waals surface area contributed by atoms with Crippen molar-refractivity contribution in [3.63, 3.8) is 0 Å². The zero-order valence-corrected chi connectivity index (χ0v) is 7.27. The van der Waals surface area contributed by atoms with Crippen LogP contribution in [-0.4, -0.2) is 5.88 Å². The first-order valence-electron chi connectivity index (χ1n) is 3.93. The monoisotopic (exact) mass is 173 g/mol. The minimum atomic E-state index is 0.891. The Morgan fingerprint density at radius 1 is 1.33 bits per heavy atom. The first kappa shape index (κ1) is 6.49. The van der Waals surface area contributed by atoms with Gasteiger partial charge in [-0.1, -0.05) is 18.2 Å². The second-order valence-electron chi connectivity index (χ2n) is 2.91. The van der Waals surface area contributed by atoms with Crippen LogP contribution in [0, 0.1) is 0 Å². The third-order valence-electron chi connectivity index (χ3n) is 2.17. The van der Waals surface area contributed by atoms with E-state index in [0.29, 0.717) is 0 Å².